The molecule has 150 valence electrons. The van der Waals surface area contributed by atoms with E-state index in [9.17, 15) is 14.4 Å². The average molecular weight is 477 g/mol. The zero-order valence-corrected chi connectivity index (χ0v) is 20.7. The second-order valence-corrected chi connectivity index (χ2v) is 16.2. The van der Waals surface area contributed by atoms with Crippen molar-refractivity contribution in [3.05, 3.63) is 12.2 Å². The van der Waals surface area contributed by atoms with Crippen molar-refractivity contribution >= 4 is 37.5 Å². The Morgan fingerprint density at radius 3 is 1.15 bits per heavy atom. The van der Waals surface area contributed by atoms with Crippen LogP contribution in [-0.4, -0.2) is 37.5 Å². The number of hydrogen-bond donors (Lipinski definition) is 0. The summed E-state index contributed by atoms with van der Waals surface area (Å²) in [5, 5.41) is 0. The van der Waals surface area contributed by atoms with Gasteiger partial charge in [-0.05, 0) is 0 Å². The summed E-state index contributed by atoms with van der Waals surface area (Å²) in [5.74, 6) is -1.66. The van der Waals surface area contributed by atoms with Crippen molar-refractivity contribution in [2.24, 2.45) is 16.2 Å². The molecular formula is C19H34O6Sn. The first-order valence-corrected chi connectivity index (χ1v) is 14.3. The molecular weight excluding hydrogens is 443 g/mol. The fourth-order valence-corrected chi connectivity index (χ4v) is 8.94. The molecule has 0 aromatic rings. The van der Waals surface area contributed by atoms with E-state index in [1.54, 1.807) is 81.4 Å². The third kappa shape index (κ3) is 8.10. The van der Waals surface area contributed by atoms with Gasteiger partial charge in [0.15, 0.2) is 0 Å². The minimum absolute atomic E-state index is 0.108. The van der Waals surface area contributed by atoms with Crippen molar-refractivity contribution in [2.75, 3.05) is 0 Å². The SMILES string of the molecule is CC=C[CH2][Sn]([O]C(=O)C(C)(C)C)([O]C(=O)C(C)(C)C)[O]C(=O)C(C)(C)C. The van der Waals surface area contributed by atoms with Gasteiger partial charge in [-0.3, -0.25) is 0 Å². The summed E-state index contributed by atoms with van der Waals surface area (Å²) < 4.78 is 17.1. The van der Waals surface area contributed by atoms with Crippen molar-refractivity contribution in [2.45, 2.75) is 73.7 Å². The van der Waals surface area contributed by atoms with E-state index in [-0.39, 0.29) is 4.44 Å². The second kappa shape index (κ2) is 8.76. The van der Waals surface area contributed by atoms with Gasteiger partial charge >= 0.3 is 163 Å². The molecule has 0 saturated carbocycles. The molecule has 0 spiro atoms. The Morgan fingerprint density at radius 2 is 0.962 bits per heavy atom. The Hall–Kier alpha value is -1.05. The molecule has 0 fully saturated rings. The van der Waals surface area contributed by atoms with Gasteiger partial charge in [-0.25, -0.2) is 0 Å². The van der Waals surface area contributed by atoms with E-state index in [4.69, 9.17) is 9.22 Å². The summed E-state index contributed by atoms with van der Waals surface area (Å²) in [5.41, 5.74) is -2.46. The fourth-order valence-electron chi connectivity index (χ4n) is 1.33. The summed E-state index contributed by atoms with van der Waals surface area (Å²) >= 11 is -4.90. The average Bonchev–Trinajstić information content (AvgIpc) is 2.41. The molecule has 0 aromatic carbocycles. The number of hydrogen-bond acceptors (Lipinski definition) is 6. The molecule has 0 aromatic heterocycles. The van der Waals surface area contributed by atoms with Gasteiger partial charge in [-0.1, -0.05) is 0 Å². The standard InChI is InChI=1S/3C5H10O2.C4H7.Sn/c3*1-5(2,3)4(6)7;1-3-4-2;/h3*1-3H3,(H,6,7);3-4H,1H2,2H3;/q;;;;+3/p-3. The Balaban J connectivity index is 6.04. The third-order valence-corrected chi connectivity index (χ3v) is 9.54. The van der Waals surface area contributed by atoms with Crippen LogP contribution in [0.4, 0.5) is 0 Å². The Morgan fingerprint density at radius 1 is 0.692 bits per heavy atom. The van der Waals surface area contributed by atoms with Crippen LogP contribution >= 0.6 is 0 Å². The zero-order valence-electron chi connectivity index (χ0n) is 17.8. The molecule has 0 rings (SSSR count). The first-order valence-electron chi connectivity index (χ1n) is 8.76. The molecule has 0 amide bonds. The van der Waals surface area contributed by atoms with Crippen LogP contribution in [0.2, 0.25) is 4.44 Å². The number of carbonyl (C=O) groups excluding carboxylic acids is 3. The number of rotatable bonds is 5. The molecule has 0 N–H and O–H groups in total. The molecule has 26 heavy (non-hydrogen) atoms. The van der Waals surface area contributed by atoms with Gasteiger partial charge in [0.2, 0.25) is 0 Å². The van der Waals surface area contributed by atoms with E-state index in [2.05, 4.69) is 0 Å². The molecule has 0 saturated heterocycles. The van der Waals surface area contributed by atoms with Crippen LogP contribution in [0.25, 0.3) is 0 Å². The van der Waals surface area contributed by atoms with Gasteiger partial charge in [-0.15, -0.1) is 0 Å². The molecule has 0 bridgehead atoms. The summed E-state index contributed by atoms with van der Waals surface area (Å²) in [7, 11) is 0. The van der Waals surface area contributed by atoms with E-state index in [1.807, 2.05) is 0 Å². The monoisotopic (exact) mass is 478 g/mol. The molecule has 0 aliphatic carbocycles. The van der Waals surface area contributed by atoms with E-state index >= 15 is 0 Å². The first kappa shape index (κ1) is 24.9. The van der Waals surface area contributed by atoms with E-state index < -0.39 is 53.8 Å². The molecule has 0 aliphatic rings. The molecule has 0 heterocycles. The molecule has 0 aliphatic heterocycles. The van der Waals surface area contributed by atoms with Gasteiger partial charge in [0.05, 0.1) is 0 Å². The van der Waals surface area contributed by atoms with Crippen molar-refractivity contribution in [1.82, 2.24) is 0 Å². The van der Waals surface area contributed by atoms with Crippen LogP contribution < -0.4 is 0 Å². The number of allylic oxidation sites excluding steroid dienone is 2. The quantitative estimate of drug-likeness (QED) is 0.435. The molecule has 0 radical (unpaired) electrons. The van der Waals surface area contributed by atoms with Crippen LogP contribution in [0, 0.1) is 16.2 Å². The maximum atomic E-state index is 12.5. The maximum absolute atomic E-state index is 12.5. The van der Waals surface area contributed by atoms with Crippen LogP contribution in [-0.2, 0) is 23.6 Å². The predicted octanol–water partition coefficient (Wildman–Crippen LogP) is 4.27. The first-order chi connectivity index (χ1) is 11.4. The fraction of sp³-hybridized carbons (Fsp3) is 0.737. The Bertz CT molecular complexity index is 489. The van der Waals surface area contributed by atoms with Crippen LogP contribution in [0.15, 0.2) is 12.2 Å². The van der Waals surface area contributed by atoms with Gasteiger partial charge in [0.1, 0.15) is 0 Å². The normalized spacial score (nSPS) is 13.5. The van der Waals surface area contributed by atoms with Crippen molar-refractivity contribution in [3.63, 3.8) is 0 Å². The summed E-state index contributed by atoms with van der Waals surface area (Å²) in [6.07, 6.45) is 3.45. The third-order valence-electron chi connectivity index (χ3n) is 3.19. The van der Waals surface area contributed by atoms with Crippen LogP contribution in [0.1, 0.15) is 69.2 Å². The van der Waals surface area contributed by atoms with Crippen molar-refractivity contribution in [3.8, 4) is 0 Å². The van der Waals surface area contributed by atoms with E-state index in [0.29, 0.717) is 0 Å². The van der Waals surface area contributed by atoms with E-state index in [0.717, 1.165) is 0 Å². The summed E-state index contributed by atoms with van der Waals surface area (Å²) in [4.78, 5) is 37.6. The van der Waals surface area contributed by atoms with Crippen LogP contribution in [0.5, 0.6) is 0 Å². The second-order valence-electron chi connectivity index (χ2n) is 9.37. The molecule has 0 atom stereocenters. The molecule has 0 unspecified atom stereocenters. The van der Waals surface area contributed by atoms with Gasteiger partial charge in [0.25, 0.3) is 0 Å². The zero-order chi connectivity index (χ0) is 21.0. The Kier molecular flexibility index (Phi) is 8.40. The molecule has 7 heteroatoms. The topological polar surface area (TPSA) is 78.9 Å². The Labute approximate surface area is 163 Å². The van der Waals surface area contributed by atoms with Crippen molar-refractivity contribution < 1.29 is 23.6 Å². The van der Waals surface area contributed by atoms with Gasteiger partial charge in [-0.2, -0.15) is 0 Å². The number of carbonyl (C=O) groups is 3. The van der Waals surface area contributed by atoms with E-state index in [1.165, 1.54) is 0 Å². The summed E-state index contributed by atoms with van der Waals surface area (Å²) in [6.45, 7) is 17.0. The van der Waals surface area contributed by atoms with Crippen molar-refractivity contribution in [1.29, 1.82) is 0 Å². The van der Waals surface area contributed by atoms with Crippen LogP contribution in [0.3, 0.4) is 0 Å². The predicted molar refractivity (Wildman–Crippen MR) is 102 cm³/mol. The van der Waals surface area contributed by atoms with Gasteiger partial charge < -0.3 is 0 Å². The molecule has 6 nitrogen and oxygen atoms in total. The van der Waals surface area contributed by atoms with Gasteiger partial charge in [0, 0.05) is 0 Å². The summed E-state index contributed by atoms with van der Waals surface area (Å²) in [6, 6.07) is 0. The minimum atomic E-state index is -4.90.